The van der Waals surface area contributed by atoms with Crippen molar-refractivity contribution in [1.82, 2.24) is 15.3 Å². The van der Waals surface area contributed by atoms with Gasteiger partial charge in [0.25, 0.3) is 5.91 Å². The smallest absolute Gasteiger partial charge is 0.386 e. The lowest BCUT2D eigenvalue weighted by atomic mass is 9.91. The third-order valence-corrected chi connectivity index (χ3v) is 6.16. The van der Waals surface area contributed by atoms with Crippen LogP contribution in [0.3, 0.4) is 0 Å². The molecular formula is C25H23F4N3O2. The zero-order valence-electron chi connectivity index (χ0n) is 18.7. The van der Waals surface area contributed by atoms with Gasteiger partial charge in [0.2, 0.25) is 0 Å². The van der Waals surface area contributed by atoms with Gasteiger partial charge in [0, 0.05) is 23.5 Å². The number of hydrogen-bond acceptors (Lipinski definition) is 4. The number of nitrogens with one attached hydrogen (secondary N) is 1. The van der Waals surface area contributed by atoms with Crippen LogP contribution < -0.4 is 5.32 Å². The molecule has 0 spiro atoms. The Balaban J connectivity index is 1.64. The van der Waals surface area contributed by atoms with Crippen molar-refractivity contribution in [2.45, 2.75) is 44.5 Å². The van der Waals surface area contributed by atoms with Gasteiger partial charge in [0.15, 0.2) is 0 Å². The van der Waals surface area contributed by atoms with Crippen LogP contribution in [-0.4, -0.2) is 21.0 Å². The Labute approximate surface area is 193 Å². The number of aromatic nitrogens is 2. The maximum absolute atomic E-state index is 13.2. The van der Waals surface area contributed by atoms with Crippen LogP contribution >= 0.6 is 0 Å². The molecule has 2 N–H and O–H groups in total. The molecule has 2 atom stereocenters. The number of pyridine rings is 2. The predicted octanol–water partition coefficient (Wildman–Crippen LogP) is 5.19. The highest BCUT2D eigenvalue weighted by Crippen LogP contribution is 2.51. The van der Waals surface area contributed by atoms with E-state index in [-0.39, 0.29) is 23.0 Å². The first-order chi connectivity index (χ1) is 15.8. The van der Waals surface area contributed by atoms with Gasteiger partial charge in [-0.05, 0) is 73.7 Å². The minimum Gasteiger partial charge on any atom is -0.386 e. The van der Waals surface area contributed by atoms with Gasteiger partial charge >= 0.3 is 6.18 Å². The van der Waals surface area contributed by atoms with Gasteiger partial charge < -0.3 is 10.4 Å². The first kappa shape index (κ1) is 23.8. The van der Waals surface area contributed by atoms with Crippen LogP contribution in [-0.2, 0) is 17.3 Å². The van der Waals surface area contributed by atoms with E-state index in [2.05, 4.69) is 15.3 Å². The summed E-state index contributed by atoms with van der Waals surface area (Å²) in [7, 11) is 0. The normalized spacial score (nSPS) is 20.2. The lowest BCUT2D eigenvalue weighted by Crippen LogP contribution is -2.36. The second-order valence-corrected chi connectivity index (χ2v) is 9.14. The molecule has 178 valence electrons. The number of rotatable bonds is 5. The monoisotopic (exact) mass is 473 g/mol. The maximum atomic E-state index is 13.2. The summed E-state index contributed by atoms with van der Waals surface area (Å²) in [5, 5.41) is 13.5. The number of alkyl halides is 3. The van der Waals surface area contributed by atoms with Crippen molar-refractivity contribution in [2.75, 3.05) is 0 Å². The minimum absolute atomic E-state index is 0.0502. The number of halogens is 4. The maximum Gasteiger partial charge on any atom is 0.433 e. The lowest BCUT2D eigenvalue weighted by Gasteiger charge is -2.23. The summed E-state index contributed by atoms with van der Waals surface area (Å²) in [5.74, 6) is -0.650. The topological polar surface area (TPSA) is 75.1 Å². The first-order valence-electron chi connectivity index (χ1n) is 10.7. The van der Waals surface area contributed by atoms with E-state index >= 15 is 0 Å². The second-order valence-electron chi connectivity index (χ2n) is 9.14. The fourth-order valence-electron chi connectivity index (χ4n) is 4.09. The second kappa shape index (κ2) is 8.16. The molecule has 4 rings (SSSR count). The van der Waals surface area contributed by atoms with Crippen LogP contribution in [0.25, 0.3) is 11.3 Å². The number of aliphatic hydroxyl groups is 1. The van der Waals surface area contributed by atoms with Gasteiger partial charge in [-0.2, -0.15) is 13.2 Å². The van der Waals surface area contributed by atoms with Crippen molar-refractivity contribution in [2.24, 2.45) is 5.92 Å². The zero-order chi connectivity index (χ0) is 24.9. The van der Waals surface area contributed by atoms with Crippen molar-refractivity contribution in [3.63, 3.8) is 0 Å². The molecule has 5 nitrogen and oxygen atoms in total. The summed E-state index contributed by atoms with van der Waals surface area (Å²) < 4.78 is 52.6. The van der Waals surface area contributed by atoms with Crippen LogP contribution in [0, 0.1) is 11.7 Å². The summed E-state index contributed by atoms with van der Waals surface area (Å²) in [4.78, 5) is 20.6. The van der Waals surface area contributed by atoms with E-state index in [0.29, 0.717) is 17.7 Å². The zero-order valence-corrected chi connectivity index (χ0v) is 18.7. The Hall–Kier alpha value is -3.33. The molecule has 2 aromatic heterocycles. The Morgan fingerprint density at radius 2 is 1.74 bits per heavy atom. The van der Waals surface area contributed by atoms with E-state index in [9.17, 15) is 27.5 Å². The highest BCUT2D eigenvalue weighted by atomic mass is 19.4. The molecule has 34 heavy (non-hydrogen) atoms. The van der Waals surface area contributed by atoms with Gasteiger partial charge in [0.1, 0.15) is 11.5 Å². The number of carbonyl (C=O) groups excluding carboxylic acids is 1. The van der Waals surface area contributed by atoms with Crippen LogP contribution in [0.15, 0.2) is 54.9 Å². The van der Waals surface area contributed by atoms with E-state index in [4.69, 9.17) is 0 Å². The van der Waals surface area contributed by atoms with E-state index in [1.807, 2.05) is 6.92 Å². The molecule has 1 amide bonds. The summed E-state index contributed by atoms with van der Waals surface area (Å²) in [6, 6.07) is 9.46. The molecule has 1 fully saturated rings. The highest BCUT2D eigenvalue weighted by Gasteiger charge is 2.54. The molecule has 2 heterocycles. The summed E-state index contributed by atoms with van der Waals surface area (Å²) >= 11 is 0. The van der Waals surface area contributed by atoms with Crippen LogP contribution in [0.4, 0.5) is 17.6 Å². The molecule has 0 radical (unpaired) electrons. The van der Waals surface area contributed by atoms with Crippen molar-refractivity contribution < 1.29 is 27.5 Å². The fourth-order valence-corrected chi connectivity index (χ4v) is 4.09. The Morgan fingerprint density at radius 1 is 1.09 bits per heavy atom. The van der Waals surface area contributed by atoms with Gasteiger partial charge in [-0.1, -0.05) is 13.0 Å². The average Bonchev–Trinajstić information content (AvgIpc) is 3.42. The quantitative estimate of drug-likeness (QED) is 0.500. The molecule has 0 unspecified atom stereocenters. The highest BCUT2D eigenvalue weighted by molar-refractivity contribution is 5.95. The number of hydrogen-bond donors (Lipinski definition) is 2. The number of amides is 1. The largest absolute Gasteiger partial charge is 0.433 e. The molecule has 0 aliphatic heterocycles. The number of benzene rings is 1. The molecule has 1 aliphatic rings. The SMILES string of the molecule is C[C@@H]1C[C@]1(NC(=O)c1ccc(F)cc1)c1ccc(-c2cnc(C(F)(F)F)cc2C(C)(C)O)nc1. The predicted molar refractivity (Wildman–Crippen MR) is 117 cm³/mol. The van der Waals surface area contributed by atoms with Crippen LogP contribution in [0.2, 0.25) is 0 Å². The Morgan fingerprint density at radius 3 is 2.24 bits per heavy atom. The van der Waals surface area contributed by atoms with E-state index in [1.165, 1.54) is 38.1 Å². The molecule has 9 heteroatoms. The molecule has 1 aliphatic carbocycles. The standard InChI is InChI=1S/C25H23F4N3O2/c1-14-11-24(14,32-22(33)15-4-7-17(26)8-5-15)16-6-9-20(30-12-16)18-13-31-21(25(27,28)29)10-19(18)23(2,3)34/h4-10,12-14,34H,11H2,1-3H3,(H,32,33)/t14-,24-/m1/s1. The minimum atomic E-state index is -4.65. The van der Waals surface area contributed by atoms with Gasteiger partial charge in [-0.25, -0.2) is 4.39 Å². The summed E-state index contributed by atoms with van der Waals surface area (Å²) in [6.45, 7) is 4.77. The van der Waals surface area contributed by atoms with Crippen LogP contribution in [0.5, 0.6) is 0 Å². The van der Waals surface area contributed by atoms with E-state index in [1.54, 1.807) is 18.3 Å². The molecule has 0 saturated heterocycles. The summed E-state index contributed by atoms with van der Waals surface area (Å²) in [5.41, 5.74) is -1.56. The van der Waals surface area contributed by atoms with Crippen molar-refractivity contribution in [3.8, 4) is 11.3 Å². The Kier molecular flexibility index (Phi) is 5.72. The van der Waals surface area contributed by atoms with E-state index < -0.39 is 28.8 Å². The van der Waals surface area contributed by atoms with Crippen LogP contribution in [0.1, 0.15) is 54.4 Å². The fraction of sp³-hybridized carbons (Fsp3) is 0.320. The number of carbonyl (C=O) groups is 1. The van der Waals surface area contributed by atoms with Crippen molar-refractivity contribution in [3.05, 3.63) is 83.1 Å². The van der Waals surface area contributed by atoms with E-state index in [0.717, 1.165) is 17.8 Å². The van der Waals surface area contributed by atoms with Crippen molar-refractivity contribution in [1.29, 1.82) is 0 Å². The first-order valence-corrected chi connectivity index (χ1v) is 10.7. The number of nitrogens with zero attached hydrogens (tertiary/aromatic N) is 2. The molecule has 1 saturated carbocycles. The molecule has 0 bridgehead atoms. The third-order valence-electron chi connectivity index (χ3n) is 6.16. The Bertz CT molecular complexity index is 1220. The van der Waals surface area contributed by atoms with Gasteiger partial charge in [-0.3, -0.25) is 14.8 Å². The molecule has 3 aromatic rings. The molecular weight excluding hydrogens is 450 g/mol. The van der Waals surface area contributed by atoms with Gasteiger partial charge in [-0.15, -0.1) is 0 Å². The molecule has 1 aromatic carbocycles. The third kappa shape index (κ3) is 4.52. The average molecular weight is 473 g/mol. The lowest BCUT2D eigenvalue weighted by molar-refractivity contribution is -0.141. The van der Waals surface area contributed by atoms with Gasteiger partial charge in [0.05, 0.1) is 16.8 Å². The van der Waals surface area contributed by atoms with Crippen molar-refractivity contribution >= 4 is 5.91 Å². The summed E-state index contributed by atoms with van der Waals surface area (Å²) in [6.07, 6.45) is -1.34.